The molecular weight excluding hydrogens is 300 g/mol. The number of benzene rings is 2. The zero-order chi connectivity index (χ0) is 17.2. The summed E-state index contributed by atoms with van der Waals surface area (Å²) in [7, 11) is 0. The summed E-state index contributed by atoms with van der Waals surface area (Å²) >= 11 is 0. The highest BCUT2D eigenvalue weighted by Crippen LogP contribution is 2.15. The summed E-state index contributed by atoms with van der Waals surface area (Å²) in [6, 6.07) is 14.1. The highest BCUT2D eigenvalue weighted by molar-refractivity contribution is 5.84. The normalized spacial score (nSPS) is 12.7. The lowest BCUT2D eigenvalue weighted by Gasteiger charge is -2.08. The molecule has 0 saturated carbocycles. The number of para-hydroxylation sites is 2. The Labute approximate surface area is 142 Å². The molecule has 2 rings (SSSR count). The van der Waals surface area contributed by atoms with Crippen molar-refractivity contribution >= 4 is 12.4 Å². The molecule has 0 aliphatic carbocycles. The van der Waals surface area contributed by atoms with Gasteiger partial charge in [0, 0.05) is 23.6 Å². The molecule has 0 saturated heterocycles. The molecule has 1 unspecified atom stereocenters. The highest BCUT2D eigenvalue weighted by atomic mass is 16.3. The first-order chi connectivity index (χ1) is 11.7. The number of nitrogens with zero attached hydrogens (tertiary/aromatic N) is 2. The van der Waals surface area contributed by atoms with E-state index in [1.807, 2.05) is 30.3 Å². The van der Waals surface area contributed by atoms with E-state index in [0.717, 1.165) is 12.8 Å². The van der Waals surface area contributed by atoms with Crippen LogP contribution in [0.25, 0.3) is 0 Å². The number of phenols is 2. The van der Waals surface area contributed by atoms with Crippen LogP contribution in [0, 0.1) is 0 Å². The van der Waals surface area contributed by atoms with E-state index < -0.39 is 0 Å². The average Bonchev–Trinajstić information content (AvgIpc) is 2.59. The predicted molar refractivity (Wildman–Crippen MR) is 99.5 cm³/mol. The van der Waals surface area contributed by atoms with Gasteiger partial charge in [0.2, 0.25) is 0 Å². The summed E-state index contributed by atoms with van der Waals surface area (Å²) in [6.07, 6.45) is 6.86. The minimum Gasteiger partial charge on any atom is -0.507 e. The number of aliphatic imine (C=N–C) groups is 2. The fraction of sp³-hybridized carbons (Fsp3) is 0.200. The number of aromatic hydroxyl groups is 2. The molecule has 0 aliphatic rings. The SMILES string of the molecule is C=CCCC(CN=Cc1ccccc1O)N=Cc1ccccc1O. The largest absolute Gasteiger partial charge is 0.507 e. The van der Waals surface area contributed by atoms with E-state index in [1.165, 1.54) is 0 Å². The molecule has 0 aliphatic heterocycles. The minimum absolute atomic E-state index is 0.00953. The van der Waals surface area contributed by atoms with Gasteiger partial charge in [-0.15, -0.1) is 6.58 Å². The molecule has 2 aromatic rings. The van der Waals surface area contributed by atoms with Crippen molar-refractivity contribution in [3.05, 3.63) is 72.3 Å². The van der Waals surface area contributed by atoms with Crippen LogP contribution in [-0.2, 0) is 0 Å². The van der Waals surface area contributed by atoms with Gasteiger partial charge in [0.05, 0.1) is 12.6 Å². The molecule has 0 bridgehead atoms. The molecule has 0 fully saturated rings. The van der Waals surface area contributed by atoms with Gasteiger partial charge in [-0.3, -0.25) is 9.98 Å². The Morgan fingerprint density at radius 2 is 1.50 bits per heavy atom. The van der Waals surface area contributed by atoms with E-state index in [2.05, 4.69) is 16.6 Å². The van der Waals surface area contributed by atoms with Crippen LogP contribution in [0.5, 0.6) is 11.5 Å². The van der Waals surface area contributed by atoms with E-state index >= 15 is 0 Å². The van der Waals surface area contributed by atoms with Crippen molar-refractivity contribution in [3.8, 4) is 11.5 Å². The quantitative estimate of drug-likeness (QED) is 0.570. The lowest BCUT2D eigenvalue weighted by atomic mass is 10.1. The smallest absolute Gasteiger partial charge is 0.124 e. The number of rotatable bonds is 8. The molecular formula is C20H22N2O2. The summed E-state index contributed by atoms with van der Waals surface area (Å²) in [4.78, 5) is 8.93. The van der Waals surface area contributed by atoms with Gasteiger partial charge in [-0.2, -0.15) is 0 Å². The van der Waals surface area contributed by atoms with E-state index in [4.69, 9.17) is 0 Å². The van der Waals surface area contributed by atoms with Crippen LogP contribution in [0.1, 0.15) is 24.0 Å². The monoisotopic (exact) mass is 322 g/mol. The van der Waals surface area contributed by atoms with Crippen LogP contribution in [0.15, 0.2) is 71.2 Å². The van der Waals surface area contributed by atoms with Gasteiger partial charge >= 0.3 is 0 Å². The molecule has 2 N–H and O–H groups in total. The Hall–Kier alpha value is -2.88. The summed E-state index contributed by atoms with van der Waals surface area (Å²) in [5.74, 6) is 0.419. The topological polar surface area (TPSA) is 65.2 Å². The molecule has 0 aromatic heterocycles. The number of hydrogen-bond donors (Lipinski definition) is 2. The van der Waals surface area contributed by atoms with Crippen LogP contribution >= 0.6 is 0 Å². The Kier molecular flexibility index (Phi) is 6.77. The summed E-state index contributed by atoms with van der Waals surface area (Å²) < 4.78 is 0. The van der Waals surface area contributed by atoms with Gasteiger partial charge in [-0.25, -0.2) is 0 Å². The van der Waals surface area contributed by atoms with Crippen LogP contribution in [-0.4, -0.2) is 35.2 Å². The first kappa shape index (κ1) is 17.5. The standard InChI is InChI=1S/C20H22N2O2/c1-2-3-10-18(22-14-17-9-5-7-12-20(17)24)15-21-13-16-8-4-6-11-19(16)23/h2,4-9,11-14,18,23-24H,1,3,10,15H2. The second-order valence-corrected chi connectivity index (χ2v) is 5.41. The first-order valence-electron chi connectivity index (χ1n) is 7.90. The van der Waals surface area contributed by atoms with Gasteiger partial charge in [-0.05, 0) is 37.1 Å². The fourth-order valence-electron chi connectivity index (χ4n) is 2.18. The molecule has 0 heterocycles. The molecule has 4 nitrogen and oxygen atoms in total. The zero-order valence-corrected chi connectivity index (χ0v) is 13.5. The molecule has 1 atom stereocenters. The van der Waals surface area contributed by atoms with Gasteiger partial charge in [-0.1, -0.05) is 30.3 Å². The molecule has 0 spiro atoms. The number of allylic oxidation sites excluding steroid dienone is 1. The number of hydrogen-bond acceptors (Lipinski definition) is 4. The maximum absolute atomic E-state index is 9.79. The van der Waals surface area contributed by atoms with Crippen LogP contribution in [0.2, 0.25) is 0 Å². The van der Waals surface area contributed by atoms with Crippen molar-refractivity contribution in [1.82, 2.24) is 0 Å². The van der Waals surface area contributed by atoms with Crippen molar-refractivity contribution in [2.24, 2.45) is 9.98 Å². The Morgan fingerprint density at radius 3 is 2.08 bits per heavy atom. The van der Waals surface area contributed by atoms with E-state index in [1.54, 1.807) is 36.7 Å². The predicted octanol–water partition coefficient (Wildman–Crippen LogP) is 3.97. The van der Waals surface area contributed by atoms with Crippen LogP contribution in [0.3, 0.4) is 0 Å². The lowest BCUT2D eigenvalue weighted by Crippen LogP contribution is -2.09. The molecule has 124 valence electrons. The highest BCUT2D eigenvalue weighted by Gasteiger charge is 2.05. The van der Waals surface area contributed by atoms with E-state index in [9.17, 15) is 10.2 Å². The van der Waals surface area contributed by atoms with Crippen molar-refractivity contribution < 1.29 is 10.2 Å². The van der Waals surface area contributed by atoms with Gasteiger partial charge in [0.25, 0.3) is 0 Å². The number of phenolic OH excluding ortho intramolecular Hbond substituents is 2. The second kappa shape index (κ2) is 9.30. The van der Waals surface area contributed by atoms with E-state index in [-0.39, 0.29) is 17.5 Å². The van der Waals surface area contributed by atoms with Crippen LogP contribution < -0.4 is 0 Å². The Morgan fingerprint density at radius 1 is 0.917 bits per heavy atom. The van der Waals surface area contributed by atoms with Gasteiger partial charge in [0.1, 0.15) is 11.5 Å². The molecule has 0 radical (unpaired) electrons. The molecule has 4 heteroatoms. The van der Waals surface area contributed by atoms with Gasteiger partial charge in [0.15, 0.2) is 0 Å². The summed E-state index contributed by atoms with van der Waals surface area (Å²) in [6.45, 7) is 4.25. The molecule has 2 aromatic carbocycles. The molecule has 24 heavy (non-hydrogen) atoms. The van der Waals surface area contributed by atoms with Crippen LogP contribution in [0.4, 0.5) is 0 Å². The minimum atomic E-state index is -0.00953. The summed E-state index contributed by atoms with van der Waals surface area (Å²) in [5.41, 5.74) is 1.37. The first-order valence-corrected chi connectivity index (χ1v) is 7.90. The van der Waals surface area contributed by atoms with Crippen molar-refractivity contribution in [3.63, 3.8) is 0 Å². The Balaban J connectivity index is 2.04. The van der Waals surface area contributed by atoms with Crippen molar-refractivity contribution in [2.75, 3.05) is 6.54 Å². The third-order valence-electron chi connectivity index (χ3n) is 3.55. The fourth-order valence-corrected chi connectivity index (χ4v) is 2.18. The van der Waals surface area contributed by atoms with E-state index in [0.29, 0.717) is 17.7 Å². The third kappa shape index (κ3) is 5.39. The van der Waals surface area contributed by atoms with Gasteiger partial charge < -0.3 is 10.2 Å². The Bertz CT molecular complexity index is 723. The zero-order valence-electron chi connectivity index (χ0n) is 13.5. The second-order valence-electron chi connectivity index (χ2n) is 5.41. The average molecular weight is 322 g/mol. The maximum Gasteiger partial charge on any atom is 0.124 e. The van der Waals surface area contributed by atoms with Crippen molar-refractivity contribution in [1.29, 1.82) is 0 Å². The third-order valence-corrected chi connectivity index (χ3v) is 3.55. The summed E-state index contributed by atoms with van der Waals surface area (Å²) in [5, 5.41) is 19.5. The lowest BCUT2D eigenvalue weighted by molar-refractivity contribution is 0.473. The molecule has 0 amide bonds. The maximum atomic E-state index is 9.79. The van der Waals surface area contributed by atoms with Crippen molar-refractivity contribution in [2.45, 2.75) is 18.9 Å².